The van der Waals surface area contributed by atoms with E-state index in [0.29, 0.717) is 50.3 Å². The summed E-state index contributed by atoms with van der Waals surface area (Å²) in [4.78, 5) is 39.2. The lowest BCUT2D eigenvalue weighted by molar-refractivity contribution is -0.148. The molecule has 1 aromatic carbocycles. The number of ether oxygens (including phenoxy) is 1. The number of piperidine rings is 2. The Bertz CT molecular complexity index is 726. The first kappa shape index (κ1) is 20.0. The minimum atomic E-state index is -0.0341. The Morgan fingerprint density at radius 1 is 1.07 bits per heavy atom. The van der Waals surface area contributed by atoms with E-state index in [2.05, 4.69) is 5.32 Å². The number of nitrogens with one attached hydrogen (secondary N) is 1. The van der Waals surface area contributed by atoms with Crippen molar-refractivity contribution in [3.8, 4) is 0 Å². The SMILES string of the molecule is O=C(COCc1ccccc1)N1CC2C(C1)C2NCCCN1C(=O)CCCC1=O. The fourth-order valence-corrected chi connectivity index (χ4v) is 4.51. The summed E-state index contributed by atoms with van der Waals surface area (Å²) >= 11 is 0. The molecule has 29 heavy (non-hydrogen) atoms. The molecule has 156 valence electrons. The van der Waals surface area contributed by atoms with Gasteiger partial charge in [0.25, 0.3) is 0 Å². The minimum absolute atomic E-state index is 0.0341. The van der Waals surface area contributed by atoms with E-state index in [4.69, 9.17) is 4.74 Å². The lowest BCUT2D eigenvalue weighted by Crippen LogP contribution is -2.42. The van der Waals surface area contributed by atoms with Gasteiger partial charge in [0.1, 0.15) is 6.61 Å². The molecule has 7 nitrogen and oxygen atoms in total. The van der Waals surface area contributed by atoms with Crippen LogP contribution in [0.25, 0.3) is 0 Å². The molecule has 0 spiro atoms. The third-order valence-electron chi connectivity index (χ3n) is 6.21. The first-order valence-corrected chi connectivity index (χ1v) is 10.6. The second kappa shape index (κ2) is 9.05. The maximum atomic E-state index is 12.3. The molecule has 1 aliphatic carbocycles. The lowest BCUT2D eigenvalue weighted by Gasteiger charge is -2.25. The molecule has 2 atom stereocenters. The van der Waals surface area contributed by atoms with E-state index in [0.717, 1.165) is 31.6 Å². The topological polar surface area (TPSA) is 79.0 Å². The number of amides is 3. The number of fused-ring (bicyclic) bond motifs is 1. The van der Waals surface area contributed by atoms with Gasteiger partial charge in [-0.1, -0.05) is 30.3 Å². The Hall–Kier alpha value is -2.25. The molecule has 4 rings (SSSR count). The van der Waals surface area contributed by atoms with Crippen LogP contribution >= 0.6 is 0 Å². The number of benzene rings is 1. The van der Waals surface area contributed by atoms with E-state index in [9.17, 15) is 14.4 Å². The van der Waals surface area contributed by atoms with Crippen molar-refractivity contribution in [3.05, 3.63) is 35.9 Å². The Morgan fingerprint density at radius 2 is 1.76 bits per heavy atom. The zero-order chi connectivity index (χ0) is 20.2. The fourth-order valence-electron chi connectivity index (χ4n) is 4.51. The number of imide groups is 1. The van der Waals surface area contributed by atoms with Crippen LogP contribution in [0.15, 0.2) is 30.3 Å². The maximum Gasteiger partial charge on any atom is 0.248 e. The van der Waals surface area contributed by atoms with Crippen LogP contribution in [0, 0.1) is 11.8 Å². The van der Waals surface area contributed by atoms with Crippen molar-refractivity contribution < 1.29 is 19.1 Å². The van der Waals surface area contributed by atoms with Crippen molar-refractivity contribution in [2.45, 2.75) is 38.3 Å². The van der Waals surface area contributed by atoms with Gasteiger partial charge in [-0.2, -0.15) is 0 Å². The Morgan fingerprint density at radius 3 is 2.45 bits per heavy atom. The van der Waals surface area contributed by atoms with Crippen LogP contribution in [0.1, 0.15) is 31.2 Å². The number of hydrogen-bond acceptors (Lipinski definition) is 5. The van der Waals surface area contributed by atoms with Gasteiger partial charge in [-0.05, 0) is 36.8 Å². The molecule has 3 fully saturated rings. The van der Waals surface area contributed by atoms with Crippen LogP contribution in [-0.2, 0) is 25.7 Å². The molecular formula is C22H29N3O4. The predicted octanol–water partition coefficient (Wildman–Crippen LogP) is 1.18. The van der Waals surface area contributed by atoms with Crippen molar-refractivity contribution in [2.24, 2.45) is 11.8 Å². The van der Waals surface area contributed by atoms with Crippen molar-refractivity contribution in [3.63, 3.8) is 0 Å². The van der Waals surface area contributed by atoms with E-state index in [1.54, 1.807) is 0 Å². The van der Waals surface area contributed by atoms with E-state index < -0.39 is 0 Å². The largest absolute Gasteiger partial charge is 0.367 e. The highest BCUT2D eigenvalue weighted by molar-refractivity contribution is 5.97. The van der Waals surface area contributed by atoms with E-state index >= 15 is 0 Å². The molecule has 2 saturated heterocycles. The zero-order valence-corrected chi connectivity index (χ0v) is 16.7. The molecule has 2 aliphatic heterocycles. The van der Waals surface area contributed by atoms with E-state index in [-0.39, 0.29) is 24.3 Å². The normalized spacial score (nSPS) is 26.0. The molecule has 0 aromatic heterocycles. The summed E-state index contributed by atoms with van der Waals surface area (Å²) in [6.45, 7) is 3.47. The van der Waals surface area contributed by atoms with Crippen molar-refractivity contribution in [1.82, 2.24) is 15.1 Å². The second-order valence-corrected chi connectivity index (χ2v) is 8.23. The third-order valence-corrected chi connectivity index (χ3v) is 6.21. The molecule has 1 saturated carbocycles. The average Bonchev–Trinajstić information content (AvgIpc) is 3.16. The van der Waals surface area contributed by atoms with Gasteiger partial charge in [0, 0.05) is 38.5 Å². The highest BCUT2D eigenvalue weighted by atomic mass is 16.5. The summed E-state index contributed by atoms with van der Waals surface area (Å²) in [5.41, 5.74) is 1.07. The number of likely N-dealkylation sites (tertiary alicyclic amines) is 2. The van der Waals surface area contributed by atoms with Gasteiger partial charge in [0.15, 0.2) is 0 Å². The monoisotopic (exact) mass is 399 g/mol. The van der Waals surface area contributed by atoms with Gasteiger partial charge in [-0.15, -0.1) is 0 Å². The van der Waals surface area contributed by atoms with Gasteiger partial charge >= 0.3 is 0 Å². The summed E-state index contributed by atoms with van der Waals surface area (Å²) in [6.07, 6.45) is 2.45. The maximum absolute atomic E-state index is 12.3. The molecule has 0 bridgehead atoms. The second-order valence-electron chi connectivity index (χ2n) is 8.23. The molecule has 1 N–H and O–H groups in total. The van der Waals surface area contributed by atoms with Crippen molar-refractivity contribution in [1.29, 1.82) is 0 Å². The van der Waals surface area contributed by atoms with Crippen LogP contribution < -0.4 is 5.32 Å². The van der Waals surface area contributed by atoms with E-state index in [1.807, 2.05) is 35.2 Å². The molecule has 3 aliphatic rings. The summed E-state index contributed by atoms with van der Waals surface area (Å²) in [6, 6.07) is 10.3. The van der Waals surface area contributed by atoms with Crippen LogP contribution in [0.4, 0.5) is 0 Å². The van der Waals surface area contributed by atoms with Crippen LogP contribution in [0.3, 0.4) is 0 Å². The van der Waals surface area contributed by atoms with Gasteiger partial charge in [-0.25, -0.2) is 0 Å². The lowest BCUT2D eigenvalue weighted by atomic mass is 10.1. The number of nitrogens with zero attached hydrogens (tertiary/aromatic N) is 2. The Labute approximate surface area is 171 Å². The number of carbonyl (C=O) groups is 3. The highest BCUT2D eigenvalue weighted by Gasteiger charge is 2.56. The quantitative estimate of drug-likeness (QED) is 0.498. The van der Waals surface area contributed by atoms with Crippen LogP contribution in [-0.4, -0.2) is 66.3 Å². The van der Waals surface area contributed by atoms with Gasteiger partial charge in [0.2, 0.25) is 17.7 Å². The van der Waals surface area contributed by atoms with Crippen molar-refractivity contribution in [2.75, 3.05) is 32.8 Å². The summed E-state index contributed by atoms with van der Waals surface area (Å²) in [5.74, 6) is 1.04. The predicted molar refractivity (Wildman–Crippen MR) is 107 cm³/mol. The Kier molecular flexibility index (Phi) is 6.25. The smallest absolute Gasteiger partial charge is 0.248 e. The standard InChI is InChI=1S/C22H29N3O4/c26-19-8-4-9-20(27)25(19)11-5-10-23-22-17-12-24(13-18(17)22)21(28)15-29-14-16-6-2-1-3-7-16/h1-3,6-7,17-18,22-23H,4-5,8-15H2. The number of rotatable bonds is 9. The number of hydrogen-bond donors (Lipinski definition) is 1. The molecule has 7 heteroatoms. The molecule has 1 aromatic rings. The summed E-state index contributed by atoms with van der Waals surface area (Å²) < 4.78 is 5.56. The highest BCUT2D eigenvalue weighted by Crippen LogP contribution is 2.45. The average molecular weight is 399 g/mol. The Balaban J connectivity index is 1.09. The summed E-state index contributed by atoms with van der Waals surface area (Å²) in [7, 11) is 0. The first-order chi connectivity index (χ1) is 14.1. The molecule has 0 radical (unpaired) electrons. The molecule has 3 amide bonds. The molecule has 2 unspecified atom stereocenters. The van der Waals surface area contributed by atoms with Crippen LogP contribution in [0.2, 0.25) is 0 Å². The summed E-state index contributed by atoms with van der Waals surface area (Å²) in [5, 5.41) is 3.53. The molecule has 2 heterocycles. The van der Waals surface area contributed by atoms with Gasteiger partial charge in [-0.3, -0.25) is 19.3 Å². The van der Waals surface area contributed by atoms with E-state index in [1.165, 1.54) is 4.90 Å². The van der Waals surface area contributed by atoms with Crippen LogP contribution in [0.5, 0.6) is 0 Å². The first-order valence-electron chi connectivity index (χ1n) is 10.6. The molecular weight excluding hydrogens is 370 g/mol. The zero-order valence-electron chi connectivity index (χ0n) is 16.7. The van der Waals surface area contributed by atoms with Gasteiger partial charge < -0.3 is 15.0 Å². The third kappa shape index (κ3) is 4.85. The van der Waals surface area contributed by atoms with Gasteiger partial charge in [0.05, 0.1) is 6.61 Å². The minimum Gasteiger partial charge on any atom is -0.367 e. The number of carbonyl (C=O) groups excluding carboxylic acids is 3. The fraction of sp³-hybridized carbons (Fsp3) is 0.591. The van der Waals surface area contributed by atoms with Crippen molar-refractivity contribution >= 4 is 17.7 Å².